The molecule has 2 amide bonds. The molecule has 0 saturated heterocycles. The first-order valence-corrected chi connectivity index (χ1v) is 9.27. The van der Waals surface area contributed by atoms with E-state index in [0.29, 0.717) is 17.8 Å². The summed E-state index contributed by atoms with van der Waals surface area (Å²) in [5, 5.41) is 7.53. The molecular formula is C22H24N3O3+. The van der Waals surface area contributed by atoms with Crippen molar-refractivity contribution in [2.75, 3.05) is 18.4 Å². The highest BCUT2D eigenvalue weighted by Crippen LogP contribution is 2.18. The number of nitrogens with two attached hydrogens (primary N) is 1. The van der Waals surface area contributed by atoms with Crippen LogP contribution < -0.4 is 16.0 Å². The van der Waals surface area contributed by atoms with Crippen molar-refractivity contribution in [3.05, 3.63) is 89.9 Å². The third-order valence-electron chi connectivity index (χ3n) is 4.29. The molecule has 3 rings (SSSR count). The van der Waals surface area contributed by atoms with Crippen molar-refractivity contribution < 1.29 is 19.3 Å². The maximum Gasteiger partial charge on any atom is 0.279 e. The molecule has 0 aliphatic carbocycles. The van der Waals surface area contributed by atoms with Gasteiger partial charge in [0.15, 0.2) is 18.3 Å². The van der Waals surface area contributed by atoms with Crippen LogP contribution in [0.5, 0.6) is 0 Å². The lowest BCUT2D eigenvalue weighted by molar-refractivity contribution is -0.678. The van der Waals surface area contributed by atoms with Crippen LogP contribution in [0, 0.1) is 0 Å². The molecule has 144 valence electrons. The first-order valence-electron chi connectivity index (χ1n) is 9.27. The Morgan fingerprint density at radius 3 is 2.57 bits per heavy atom. The monoisotopic (exact) mass is 378 g/mol. The molecule has 0 aliphatic heterocycles. The summed E-state index contributed by atoms with van der Waals surface area (Å²) >= 11 is 0. The number of carbonyl (C=O) groups is 2. The van der Waals surface area contributed by atoms with Gasteiger partial charge in [-0.25, -0.2) is 0 Å². The van der Waals surface area contributed by atoms with Gasteiger partial charge in [-0.15, -0.1) is 0 Å². The predicted molar refractivity (Wildman–Crippen MR) is 107 cm³/mol. The summed E-state index contributed by atoms with van der Waals surface area (Å²) in [6, 6.07) is 20.4. The Bertz CT molecular complexity index is 908. The van der Waals surface area contributed by atoms with Gasteiger partial charge >= 0.3 is 0 Å². The molecule has 0 radical (unpaired) electrons. The van der Waals surface area contributed by atoms with Crippen LogP contribution in [0.4, 0.5) is 5.69 Å². The molecule has 0 fully saturated rings. The van der Waals surface area contributed by atoms with E-state index in [1.54, 1.807) is 30.5 Å². The molecular weight excluding hydrogens is 354 g/mol. The maximum atomic E-state index is 12.5. The molecule has 0 bridgehead atoms. The summed E-state index contributed by atoms with van der Waals surface area (Å²) in [5.41, 5.74) is 2.17. The van der Waals surface area contributed by atoms with E-state index in [2.05, 4.69) is 10.6 Å². The van der Waals surface area contributed by atoms with Gasteiger partial charge in [-0.2, -0.15) is 0 Å². The fourth-order valence-electron chi connectivity index (χ4n) is 2.98. The Morgan fingerprint density at radius 2 is 1.86 bits per heavy atom. The normalized spacial score (nSPS) is 11.6. The molecule has 1 aromatic heterocycles. The van der Waals surface area contributed by atoms with Crippen molar-refractivity contribution >= 4 is 17.5 Å². The van der Waals surface area contributed by atoms with Crippen molar-refractivity contribution in [2.24, 2.45) is 0 Å². The van der Waals surface area contributed by atoms with Crippen LogP contribution >= 0.6 is 0 Å². The van der Waals surface area contributed by atoms with Crippen molar-refractivity contribution in [3.8, 4) is 0 Å². The van der Waals surface area contributed by atoms with Crippen LogP contribution in [-0.2, 0) is 4.79 Å². The van der Waals surface area contributed by atoms with Crippen LogP contribution in [0.2, 0.25) is 0 Å². The molecule has 6 nitrogen and oxygen atoms in total. The third kappa shape index (κ3) is 5.08. The average molecular weight is 378 g/mol. The van der Waals surface area contributed by atoms with Crippen molar-refractivity contribution in [3.63, 3.8) is 0 Å². The zero-order valence-corrected chi connectivity index (χ0v) is 15.7. The molecule has 3 aromatic rings. The third-order valence-corrected chi connectivity index (χ3v) is 4.29. The number of hydrogen-bond acceptors (Lipinski definition) is 3. The van der Waals surface area contributed by atoms with Crippen LogP contribution in [0.3, 0.4) is 0 Å². The van der Waals surface area contributed by atoms with Gasteiger partial charge in [-0.1, -0.05) is 36.4 Å². The second-order valence-electron chi connectivity index (χ2n) is 6.33. The van der Waals surface area contributed by atoms with Crippen LogP contribution in [0.15, 0.2) is 77.4 Å². The van der Waals surface area contributed by atoms with Crippen LogP contribution in [0.25, 0.3) is 0 Å². The van der Waals surface area contributed by atoms with Gasteiger partial charge in [0.05, 0.1) is 6.26 Å². The van der Waals surface area contributed by atoms with Gasteiger partial charge in [0, 0.05) is 23.4 Å². The lowest BCUT2D eigenvalue weighted by atomic mass is 10.0. The summed E-state index contributed by atoms with van der Waals surface area (Å²) in [7, 11) is 0. The van der Waals surface area contributed by atoms with E-state index < -0.39 is 0 Å². The number of furan rings is 1. The molecule has 28 heavy (non-hydrogen) atoms. The molecule has 4 N–H and O–H groups in total. The minimum absolute atomic E-state index is 0.108. The van der Waals surface area contributed by atoms with E-state index in [1.807, 2.05) is 54.7 Å². The summed E-state index contributed by atoms with van der Waals surface area (Å²) in [6.07, 6.45) is 1.63. The highest BCUT2D eigenvalue weighted by Gasteiger charge is 2.21. The first-order chi connectivity index (χ1) is 13.7. The van der Waals surface area contributed by atoms with E-state index in [1.165, 1.54) is 0 Å². The number of anilines is 1. The topological polar surface area (TPSA) is 88.0 Å². The summed E-state index contributed by atoms with van der Waals surface area (Å²) in [4.78, 5) is 24.4. The van der Waals surface area contributed by atoms with Gasteiger partial charge < -0.3 is 20.4 Å². The SMILES string of the molecule is CCNC(=O)c1cccc(NC(=O)C[NH2+][C@@H](c2ccccc2)c2ccco2)c1. The smallest absolute Gasteiger partial charge is 0.279 e. The Kier molecular flexibility index (Phi) is 6.59. The number of quaternary nitrogens is 1. The van der Waals surface area contributed by atoms with Crippen molar-refractivity contribution in [2.45, 2.75) is 13.0 Å². The summed E-state index contributed by atoms with van der Waals surface area (Å²) < 4.78 is 5.56. The number of amides is 2. The number of benzene rings is 2. The fourth-order valence-corrected chi connectivity index (χ4v) is 2.98. The van der Waals surface area contributed by atoms with E-state index in [4.69, 9.17) is 4.42 Å². The molecule has 1 atom stereocenters. The zero-order valence-electron chi connectivity index (χ0n) is 15.7. The lowest BCUT2D eigenvalue weighted by Gasteiger charge is -2.14. The van der Waals surface area contributed by atoms with Crippen LogP contribution in [-0.4, -0.2) is 24.9 Å². The minimum Gasteiger partial charge on any atom is -0.463 e. The number of rotatable bonds is 8. The molecule has 0 unspecified atom stereocenters. The van der Waals surface area contributed by atoms with Gasteiger partial charge in [0.1, 0.15) is 0 Å². The highest BCUT2D eigenvalue weighted by atomic mass is 16.3. The van der Waals surface area contributed by atoms with E-state index >= 15 is 0 Å². The average Bonchev–Trinajstić information content (AvgIpc) is 3.24. The molecule has 0 saturated carbocycles. The van der Waals surface area contributed by atoms with Crippen LogP contribution in [0.1, 0.15) is 34.6 Å². The number of carbonyl (C=O) groups excluding carboxylic acids is 2. The predicted octanol–water partition coefficient (Wildman–Crippen LogP) is 2.32. The zero-order chi connectivity index (χ0) is 19.8. The molecule has 2 aromatic carbocycles. The Balaban J connectivity index is 1.64. The standard InChI is InChI=1S/C22H23N3O3/c1-2-23-22(27)17-10-6-11-18(14-17)25-20(26)15-24-21(19-12-7-13-28-19)16-8-4-3-5-9-16/h3-14,21,24H,2,15H2,1H3,(H,23,27)(H,25,26)/p+1/t21-/m0/s1. The quantitative estimate of drug-likeness (QED) is 0.562. The van der Waals surface area contributed by atoms with Crippen molar-refractivity contribution in [1.29, 1.82) is 0 Å². The summed E-state index contributed by atoms with van der Waals surface area (Å²) in [6.45, 7) is 2.63. The van der Waals surface area contributed by atoms with E-state index in [-0.39, 0.29) is 24.4 Å². The number of hydrogen-bond donors (Lipinski definition) is 3. The lowest BCUT2D eigenvalue weighted by Crippen LogP contribution is -2.87. The Labute approximate surface area is 164 Å². The maximum absolute atomic E-state index is 12.5. The van der Waals surface area contributed by atoms with E-state index in [9.17, 15) is 9.59 Å². The van der Waals surface area contributed by atoms with Gasteiger partial charge in [-0.3, -0.25) is 9.59 Å². The largest absolute Gasteiger partial charge is 0.463 e. The Morgan fingerprint density at radius 1 is 1.04 bits per heavy atom. The van der Waals surface area contributed by atoms with Gasteiger partial charge in [-0.05, 0) is 37.3 Å². The minimum atomic E-state index is -0.160. The van der Waals surface area contributed by atoms with Crippen molar-refractivity contribution in [1.82, 2.24) is 5.32 Å². The second-order valence-corrected chi connectivity index (χ2v) is 6.33. The Hall–Kier alpha value is -3.38. The first kappa shape index (κ1) is 19.4. The fraction of sp³-hybridized carbons (Fsp3) is 0.182. The molecule has 1 heterocycles. The molecule has 0 spiro atoms. The van der Waals surface area contributed by atoms with E-state index in [0.717, 1.165) is 11.3 Å². The summed E-state index contributed by atoms with van der Waals surface area (Å²) in [5.74, 6) is 0.477. The number of nitrogens with one attached hydrogen (secondary N) is 2. The second kappa shape index (κ2) is 9.53. The highest BCUT2D eigenvalue weighted by molar-refractivity contribution is 5.97. The molecule has 6 heteroatoms. The molecule has 0 aliphatic rings. The van der Waals surface area contributed by atoms with Gasteiger partial charge in [0.25, 0.3) is 11.8 Å². The van der Waals surface area contributed by atoms with Gasteiger partial charge in [0.2, 0.25) is 0 Å².